The molecule has 3 heteroatoms. The minimum atomic E-state index is 0.0365. The molecule has 0 aromatic rings. The Kier molecular flexibility index (Phi) is 5.55. The van der Waals surface area contributed by atoms with Gasteiger partial charge in [-0.05, 0) is 60.2 Å². The fraction of sp³-hybridized carbons (Fsp3) is 1.00. The van der Waals surface area contributed by atoms with Crippen LogP contribution in [0.1, 0.15) is 46.5 Å². The molecule has 0 saturated carbocycles. The van der Waals surface area contributed by atoms with Gasteiger partial charge in [0.05, 0.1) is 0 Å². The molecule has 0 aliphatic carbocycles. The number of hydrogen-bond acceptors (Lipinski definition) is 2. The van der Waals surface area contributed by atoms with Gasteiger partial charge in [0.15, 0.2) is 0 Å². The SMILES string of the molecule is CC(Cl)C(C)(C)NCCC1CCCCN1C. The number of likely N-dealkylation sites (tertiary alicyclic amines) is 1. The van der Waals surface area contributed by atoms with Crippen LogP contribution in [-0.2, 0) is 0 Å². The molecule has 2 atom stereocenters. The first kappa shape index (κ1) is 14.3. The van der Waals surface area contributed by atoms with E-state index in [-0.39, 0.29) is 10.9 Å². The lowest BCUT2D eigenvalue weighted by atomic mass is 9.98. The Morgan fingerprint density at radius 3 is 2.69 bits per heavy atom. The van der Waals surface area contributed by atoms with Gasteiger partial charge in [-0.25, -0.2) is 0 Å². The first-order chi connectivity index (χ1) is 7.43. The summed E-state index contributed by atoms with van der Waals surface area (Å²) in [7, 11) is 2.25. The molecule has 1 fully saturated rings. The Morgan fingerprint density at radius 1 is 1.44 bits per heavy atom. The Bertz CT molecular complexity index is 204. The second-order valence-corrected chi connectivity index (χ2v) is 6.34. The standard InChI is InChI=1S/C13H27ClN2/c1-11(14)13(2,3)15-9-8-12-7-5-6-10-16(12)4/h11-12,15H,5-10H2,1-4H3. The molecule has 0 amide bonds. The quantitative estimate of drug-likeness (QED) is 0.751. The largest absolute Gasteiger partial charge is 0.310 e. The maximum atomic E-state index is 6.15. The van der Waals surface area contributed by atoms with Gasteiger partial charge >= 0.3 is 0 Å². The molecule has 1 aliphatic rings. The maximum absolute atomic E-state index is 6.15. The molecule has 0 aromatic heterocycles. The van der Waals surface area contributed by atoms with Gasteiger partial charge in [0.25, 0.3) is 0 Å². The predicted octanol–water partition coefficient (Wildman–Crippen LogP) is 2.86. The third-order valence-corrected chi connectivity index (χ3v) is 4.52. The van der Waals surface area contributed by atoms with E-state index in [1.807, 2.05) is 0 Å². The number of rotatable bonds is 5. The zero-order valence-electron chi connectivity index (χ0n) is 11.2. The smallest absolute Gasteiger partial charge is 0.0484 e. The van der Waals surface area contributed by atoms with E-state index in [1.54, 1.807) is 0 Å². The highest BCUT2D eigenvalue weighted by Gasteiger charge is 2.24. The number of nitrogens with one attached hydrogen (secondary N) is 1. The first-order valence-corrected chi connectivity index (χ1v) is 6.96. The number of piperidine rings is 1. The topological polar surface area (TPSA) is 15.3 Å². The minimum Gasteiger partial charge on any atom is -0.310 e. The summed E-state index contributed by atoms with van der Waals surface area (Å²) in [4.78, 5) is 2.50. The molecular weight excluding hydrogens is 220 g/mol. The van der Waals surface area contributed by atoms with Crippen molar-refractivity contribution in [3.63, 3.8) is 0 Å². The molecule has 0 spiro atoms. The molecule has 0 bridgehead atoms. The molecule has 1 rings (SSSR count). The summed E-state index contributed by atoms with van der Waals surface area (Å²) in [6.45, 7) is 8.74. The van der Waals surface area contributed by atoms with Gasteiger partial charge in [0.1, 0.15) is 0 Å². The van der Waals surface area contributed by atoms with Gasteiger partial charge in [-0.3, -0.25) is 0 Å². The van der Waals surface area contributed by atoms with Crippen molar-refractivity contribution in [3.8, 4) is 0 Å². The molecule has 2 unspecified atom stereocenters. The van der Waals surface area contributed by atoms with Crippen molar-refractivity contribution in [1.82, 2.24) is 10.2 Å². The van der Waals surface area contributed by atoms with E-state index in [0.29, 0.717) is 0 Å². The van der Waals surface area contributed by atoms with Gasteiger partial charge in [0, 0.05) is 17.0 Å². The summed E-state index contributed by atoms with van der Waals surface area (Å²) < 4.78 is 0. The van der Waals surface area contributed by atoms with E-state index in [0.717, 1.165) is 12.6 Å². The van der Waals surface area contributed by atoms with Crippen LogP contribution in [0.25, 0.3) is 0 Å². The van der Waals surface area contributed by atoms with E-state index in [1.165, 1.54) is 32.2 Å². The number of halogens is 1. The Morgan fingerprint density at radius 2 is 2.12 bits per heavy atom. The second-order valence-electron chi connectivity index (χ2n) is 5.68. The van der Waals surface area contributed by atoms with Gasteiger partial charge in [-0.2, -0.15) is 0 Å². The Labute approximate surface area is 106 Å². The van der Waals surface area contributed by atoms with Gasteiger partial charge in [-0.15, -0.1) is 11.6 Å². The van der Waals surface area contributed by atoms with Crippen LogP contribution in [0.15, 0.2) is 0 Å². The minimum absolute atomic E-state index is 0.0365. The summed E-state index contributed by atoms with van der Waals surface area (Å²) in [6.07, 6.45) is 5.35. The van der Waals surface area contributed by atoms with Crippen molar-refractivity contribution in [2.24, 2.45) is 0 Å². The monoisotopic (exact) mass is 246 g/mol. The van der Waals surface area contributed by atoms with Crippen LogP contribution in [0, 0.1) is 0 Å². The zero-order valence-corrected chi connectivity index (χ0v) is 12.0. The first-order valence-electron chi connectivity index (χ1n) is 6.53. The third-order valence-electron chi connectivity index (χ3n) is 3.97. The van der Waals surface area contributed by atoms with E-state index in [4.69, 9.17) is 11.6 Å². The number of hydrogen-bond donors (Lipinski definition) is 1. The van der Waals surface area contributed by atoms with Crippen LogP contribution in [0.5, 0.6) is 0 Å². The van der Waals surface area contributed by atoms with Crippen molar-refractivity contribution in [2.45, 2.75) is 63.4 Å². The molecule has 16 heavy (non-hydrogen) atoms. The lowest BCUT2D eigenvalue weighted by Crippen LogP contribution is -2.48. The number of alkyl halides is 1. The van der Waals surface area contributed by atoms with Crippen LogP contribution in [0.2, 0.25) is 0 Å². The fourth-order valence-corrected chi connectivity index (χ4v) is 2.29. The molecule has 0 radical (unpaired) electrons. The van der Waals surface area contributed by atoms with Gasteiger partial charge in [-0.1, -0.05) is 6.42 Å². The molecule has 1 heterocycles. The summed E-state index contributed by atoms with van der Waals surface area (Å²) in [5.41, 5.74) is 0.0365. The van der Waals surface area contributed by atoms with Crippen molar-refractivity contribution in [1.29, 1.82) is 0 Å². The van der Waals surface area contributed by atoms with Crippen LogP contribution < -0.4 is 5.32 Å². The van der Waals surface area contributed by atoms with Crippen LogP contribution in [-0.4, -0.2) is 42.0 Å². The van der Waals surface area contributed by atoms with Crippen LogP contribution in [0.4, 0.5) is 0 Å². The maximum Gasteiger partial charge on any atom is 0.0484 e. The van der Waals surface area contributed by atoms with Crippen LogP contribution in [0.3, 0.4) is 0 Å². The Balaban J connectivity index is 2.24. The summed E-state index contributed by atoms with van der Waals surface area (Å²) in [5.74, 6) is 0. The highest BCUT2D eigenvalue weighted by Crippen LogP contribution is 2.19. The van der Waals surface area contributed by atoms with Crippen molar-refractivity contribution >= 4 is 11.6 Å². The Hall–Kier alpha value is 0.210. The highest BCUT2D eigenvalue weighted by molar-refractivity contribution is 6.21. The van der Waals surface area contributed by atoms with Crippen molar-refractivity contribution in [3.05, 3.63) is 0 Å². The lowest BCUT2D eigenvalue weighted by molar-refractivity contribution is 0.172. The molecule has 1 N–H and O–H groups in total. The normalized spacial score (nSPS) is 25.7. The van der Waals surface area contributed by atoms with E-state index >= 15 is 0 Å². The summed E-state index contributed by atoms with van der Waals surface area (Å²) >= 11 is 6.15. The average molecular weight is 247 g/mol. The van der Waals surface area contributed by atoms with E-state index in [2.05, 4.69) is 38.0 Å². The van der Waals surface area contributed by atoms with Gasteiger partial charge in [0.2, 0.25) is 0 Å². The average Bonchev–Trinajstić information content (AvgIpc) is 2.20. The molecule has 96 valence electrons. The molecule has 1 saturated heterocycles. The molecule has 1 aliphatic heterocycles. The fourth-order valence-electron chi connectivity index (χ4n) is 2.21. The van der Waals surface area contributed by atoms with Crippen molar-refractivity contribution in [2.75, 3.05) is 20.1 Å². The van der Waals surface area contributed by atoms with Crippen molar-refractivity contribution < 1.29 is 0 Å². The number of nitrogens with zero attached hydrogens (tertiary/aromatic N) is 1. The highest BCUT2D eigenvalue weighted by atomic mass is 35.5. The molecule has 0 aromatic carbocycles. The van der Waals surface area contributed by atoms with Gasteiger partial charge < -0.3 is 10.2 Å². The molecule has 2 nitrogen and oxygen atoms in total. The van der Waals surface area contributed by atoms with E-state index < -0.39 is 0 Å². The summed E-state index contributed by atoms with van der Waals surface area (Å²) in [5, 5.41) is 3.73. The predicted molar refractivity (Wildman–Crippen MR) is 72.3 cm³/mol. The van der Waals surface area contributed by atoms with Crippen LogP contribution >= 0.6 is 11.6 Å². The lowest BCUT2D eigenvalue weighted by Gasteiger charge is -2.34. The third kappa shape index (κ3) is 4.23. The molecular formula is C13H27ClN2. The zero-order chi connectivity index (χ0) is 12.2. The van der Waals surface area contributed by atoms with E-state index in [9.17, 15) is 0 Å². The summed E-state index contributed by atoms with van der Waals surface area (Å²) in [6, 6.07) is 0.766. The second kappa shape index (κ2) is 6.23.